The van der Waals surface area contributed by atoms with Gasteiger partial charge in [0.2, 0.25) is 0 Å². The first-order valence-corrected chi connectivity index (χ1v) is 10.7. The van der Waals surface area contributed by atoms with Gasteiger partial charge >= 0.3 is 0 Å². The van der Waals surface area contributed by atoms with Crippen molar-refractivity contribution in [2.45, 2.75) is 20.8 Å². The van der Waals surface area contributed by atoms with Crippen molar-refractivity contribution in [1.29, 1.82) is 5.26 Å². The fourth-order valence-corrected chi connectivity index (χ4v) is 3.77. The molecule has 3 aromatic rings. The Labute approximate surface area is 190 Å². The van der Waals surface area contributed by atoms with Gasteiger partial charge in [0, 0.05) is 16.7 Å². The molecule has 0 atom stereocenters. The van der Waals surface area contributed by atoms with Gasteiger partial charge in [-0.3, -0.25) is 9.59 Å². The van der Waals surface area contributed by atoms with Crippen molar-refractivity contribution in [2.24, 2.45) is 0 Å². The molecule has 2 aromatic heterocycles. The number of nitriles is 1. The predicted molar refractivity (Wildman–Crippen MR) is 127 cm³/mol. The van der Waals surface area contributed by atoms with Gasteiger partial charge in [-0.25, -0.2) is 4.98 Å². The zero-order chi connectivity index (χ0) is 23.3. The molecule has 3 rings (SSSR count). The maximum absolute atomic E-state index is 12.7. The number of hydrogen-bond donors (Lipinski definition) is 2. The van der Waals surface area contributed by atoms with Gasteiger partial charge in [0.25, 0.3) is 5.91 Å². The Morgan fingerprint density at radius 2 is 1.97 bits per heavy atom. The molecule has 1 amide bonds. The van der Waals surface area contributed by atoms with Crippen molar-refractivity contribution in [3.8, 4) is 17.2 Å². The molecular weight excluding hydrogens is 422 g/mol. The minimum Gasteiger partial charge on any atom is -0.512 e. The van der Waals surface area contributed by atoms with Crippen LogP contribution < -0.4 is 5.32 Å². The normalized spacial score (nSPS) is 11.7. The molecule has 0 fully saturated rings. The van der Waals surface area contributed by atoms with E-state index in [1.54, 1.807) is 60.0 Å². The molecule has 0 saturated heterocycles. The van der Waals surface area contributed by atoms with Crippen molar-refractivity contribution < 1.29 is 14.7 Å². The highest BCUT2D eigenvalue weighted by atomic mass is 32.1. The van der Waals surface area contributed by atoms with Gasteiger partial charge < -0.3 is 10.4 Å². The number of rotatable bonds is 6. The monoisotopic (exact) mass is 443 g/mol. The number of hydrogen-bond acceptors (Lipinski definition) is 6. The molecule has 7 heteroatoms. The fraction of sp³-hybridized carbons (Fsp3) is 0.120. The van der Waals surface area contributed by atoms with E-state index in [9.17, 15) is 20.0 Å². The van der Waals surface area contributed by atoms with Crippen molar-refractivity contribution in [2.75, 3.05) is 5.32 Å². The Balaban J connectivity index is 2.27. The lowest BCUT2D eigenvalue weighted by molar-refractivity contribution is 0.101. The van der Waals surface area contributed by atoms with Crippen molar-refractivity contribution in [3.63, 3.8) is 0 Å². The number of thiophene rings is 1. The summed E-state index contributed by atoms with van der Waals surface area (Å²) in [5.74, 6) is -0.373. The lowest BCUT2D eigenvalue weighted by atomic mass is 9.96. The summed E-state index contributed by atoms with van der Waals surface area (Å²) in [6.45, 7) is 4.81. The van der Waals surface area contributed by atoms with Crippen LogP contribution >= 0.6 is 11.3 Å². The topological polar surface area (TPSA) is 103 Å². The lowest BCUT2D eigenvalue weighted by Crippen LogP contribution is -2.14. The Morgan fingerprint density at radius 3 is 2.56 bits per heavy atom. The van der Waals surface area contributed by atoms with E-state index in [0.717, 1.165) is 0 Å². The Kier molecular flexibility index (Phi) is 6.98. The number of benzene rings is 1. The smallest absolute Gasteiger partial charge is 0.266 e. The summed E-state index contributed by atoms with van der Waals surface area (Å²) in [5.41, 5.74) is 2.61. The number of aromatic nitrogens is 1. The zero-order valence-corrected chi connectivity index (χ0v) is 18.7. The van der Waals surface area contributed by atoms with Crippen molar-refractivity contribution >= 4 is 34.4 Å². The van der Waals surface area contributed by atoms with E-state index in [1.807, 2.05) is 6.92 Å². The molecule has 2 heterocycles. The van der Waals surface area contributed by atoms with Crippen LogP contribution in [0, 0.1) is 11.3 Å². The lowest BCUT2D eigenvalue weighted by Gasteiger charge is -2.14. The van der Waals surface area contributed by atoms with Gasteiger partial charge in [-0.1, -0.05) is 36.4 Å². The average Bonchev–Trinajstić information content (AvgIpc) is 3.32. The maximum Gasteiger partial charge on any atom is 0.266 e. The molecule has 6 nitrogen and oxygen atoms in total. The van der Waals surface area contributed by atoms with Crippen LogP contribution in [0.15, 0.2) is 65.8 Å². The molecule has 0 spiro atoms. The van der Waals surface area contributed by atoms with Gasteiger partial charge in [0.15, 0.2) is 11.6 Å². The molecule has 0 aliphatic heterocycles. The van der Waals surface area contributed by atoms with E-state index in [2.05, 4.69) is 16.4 Å². The van der Waals surface area contributed by atoms with Gasteiger partial charge in [-0.2, -0.15) is 5.26 Å². The molecule has 0 bridgehead atoms. The van der Waals surface area contributed by atoms with E-state index in [0.29, 0.717) is 32.8 Å². The summed E-state index contributed by atoms with van der Waals surface area (Å²) < 4.78 is 0. The molecule has 0 radical (unpaired) electrons. The molecule has 160 valence electrons. The van der Waals surface area contributed by atoms with Crippen LogP contribution in [0.2, 0.25) is 0 Å². The van der Waals surface area contributed by atoms with Crippen molar-refractivity contribution in [3.05, 3.63) is 87.5 Å². The third-order valence-corrected chi connectivity index (χ3v) is 5.56. The van der Waals surface area contributed by atoms with Gasteiger partial charge in [0.05, 0.1) is 16.3 Å². The summed E-state index contributed by atoms with van der Waals surface area (Å²) in [6.07, 6.45) is 3.46. The fourth-order valence-electron chi connectivity index (χ4n) is 3.15. The van der Waals surface area contributed by atoms with Crippen LogP contribution in [0.3, 0.4) is 0 Å². The number of nitrogens with one attached hydrogen (secondary N) is 1. The third kappa shape index (κ3) is 4.82. The number of carbonyl (C=O) groups excluding carboxylic acids is 2. The maximum atomic E-state index is 12.7. The number of aliphatic hydroxyl groups is 1. The quantitative estimate of drug-likeness (QED) is 0.276. The van der Waals surface area contributed by atoms with Gasteiger partial charge in [-0.05, 0) is 49.9 Å². The molecule has 0 aliphatic carbocycles. The number of ketones is 1. The zero-order valence-electron chi connectivity index (χ0n) is 17.8. The molecule has 0 unspecified atom stereocenters. The molecular formula is C25H21N3O3S. The van der Waals surface area contributed by atoms with E-state index in [1.165, 1.54) is 25.2 Å². The minimum absolute atomic E-state index is 0.0410. The van der Waals surface area contributed by atoms with Crippen LogP contribution in [0.5, 0.6) is 0 Å². The standard InChI is InChI=1S/C25H21N3O3S/c1-4-7-19(16(3)30)22-13-20(18-9-5-8-17(12-18)15(2)29)21(14-26)24(27-22)28-25(31)23-10-6-11-32-23/h4-13,30H,1-3H3,(H,27,28,31)/b7-4-,19-16-. The molecule has 1 aromatic carbocycles. The van der Waals surface area contributed by atoms with Crippen LogP contribution in [-0.4, -0.2) is 21.8 Å². The van der Waals surface area contributed by atoms with Crippen LogP contribution in [-0.2, 0) is 0 Å². The number of nitrogens with zero attached hydrogens (tertiary/aromatic N) is 2. The average molecular weight is 444 g/mol. The number of allylic oxidation sites excluding steroid dienone is 4. The summed E-state index contributed by atoms with van der Waals surface area (Å²) >= 11 is 1.27. The summed E-state index contributed by atoms with van der Waals surface area (Å²) in [7, 11) is 0. The number of Topliss-reactive ketones (excluding diaryl/α,β-unsaturated/α-hetero) is 1. The van der Waals surface area contributed by atoms with Crippen LogP contribution in [0.25, 0.3) is 16.7 Å². The first kappa shape index (κ1) is 22.7. The van der Waals surface area contributed by atoms with E-state index in [-0.39, 0.29) is 28.8 Å². The van der Waals surface area contributed by atoms with E-state index >= 15 is 0 Å². The number of aliphatic hydroxyl groups excluding tert-OH is 1. The molecule has 2 N–H and O–H groups in total. The minimum atomic E-state index is -0.387. The van der Waals surface area contributed by atoms with Gasteiger partial charge in [0.1, 0.15) is 11.6 Å². The summed E-state index contributed by atoms with van der Waals surface area (Å²) in [4.78, 5) is 29.6. The first-order valence-electron chi connectivity index (χ1n) is 9.80. The second kappa shape index (κ2) is 9.86. The first-order chi connectivity index (χ1) is 15.3. The second-order valence-corrected chi connectivity index (χ2v) is 7.91. The number of amides is 1. The number of carbonyl (C=O) groups is 2. The summed E-state index contributed by atoms with van der Waals surface area (Å²) in [5, 5.41) is 24.7. The van der Waals surface area contributed by atoms with Crippen molar-refractivity contribution in [1.82, 2.24) is 4.98 Å². The molecule has 0 saturated carbocycles. The number of pyridine rings is 1. The molecule has 0 aliphatic rings. The molecule has 32 heavy (non-hydrogen) atoms. The van der Waals surface area contributed by atoms with E-state index in [4.69, 9.17) is 0 Å². The highest BCUT2D eigenvalue weighted by molar-refractivity contribution is 7.12. The summed E-state index contributed by atoms with van der Waals surface area (Å²) in [6, 6.07) is 14.1. The highest BCUT2D eigenvalue weighted by Gasteiger charge is 2.19. The Morgan fingerprint density at radius 1 is 1.19 bits per heavy atom. The second-order valence-electron chi connectivity index (χ2n) is 6.96. The number of anilines is 1. The van der Waals surface area contributed by atoms with E-state index < -0.39 is 0 Å². The third-order valence-electron chi connectivity index (χ3n) is 4.69. The van der Waals surface area contributed by atoms with Gasteiger partial charge in [-0.15, -0.1) is 11.3 Å². The van der Waals surface area contributed by atoms with Crippen LogP contribution in [0.4, 0.5) is 5.82 Å². The Bertz CT molecular complexity index is 1280. The predicted octanol–water partition coefficient (Wildman–Crippen LogP) is 6.00. The highest BCUT2D eigenvalue weighted by Crippen LogP contribution is 2.33. The Hall–Kier alpha value is -4.02. The van der Waals surface area contributed by atoms with Crippen LogP contribution in [0.1, 0.15) is 52.1 Å². The largest absolute Gasteiger partial charge is 0.512 e. The SMILES string of the molecule is C/C=C\C(=C(/C)O)c1cc(-c2cccc(C(C)=O)c2)c(C#N)c(NC(=O)c2cccs2)n1.